The van der Waals surface area contributed by atoms with Gasteiger partial charge in [-0.1, -0.05) is 55.8 Å². The summed E-state index contributed by atoms with van der Waals surface area (Å²) in [4.78, 5) is 39.0. The number of ether oxygens (including phenoxy) is 2. The molecule has 3 rings (SSSR count). The standard InChI is InChI=1S/C28H41ClN2O5/c1-20(32)24(16-21-8-4-3-5-9-21)18-26(33)31-14-7-11-23(19-31)27(22-10-6-12-25(29)17-22)36-15-13-30-28(34)35-2/h6,10,12,17,21,23-24,27H,3-5,7-9,11,13-16,18-19H2,1-2H3,(H,30,34). The van der Waals surface area contributed by atoms with Crippen LogP contribution in [-0.4, -0.2) is 56.0 Å². The number of carbonyl (C=O) groups is 3. The Balaban J connectivity index is 1.63. The van der Waals surface area contributed by atoms with Gasteiger partial charge in [-0.2, -0.15) is 0 Å². The quantitative estimate of drug-likeness (QED) is 0.386. The van der Waals surface area contributed by atoms with Crippen LogP contribution in [0.3, 0.4) is 0 Å². The van der Waals surface area contributed by atoms with Gasteiger partial charge in [0.25, 0.3) is 0 Å². The van der Waals surface area contributed by atoms with Gasteiger partial charge in [-0.05, 0) is 49.8 Å². The van der Waals surface area contributed by atoms with Crippen LogP contribution in [0.1, 0.15) is 76.4 Å². The smallest absolute Gasteiger partial charge is 0.406 e. The number of amides is 2. The van der Waals surface area contributed by atoms with Crippen LogP contribution in [0.2, 0.25) is 5.02 Å². The van der Waals surface area contributed by atoms with Crippen LogP contribution in [0.15, 0.2) is 24.3 Å². The fourth-order valence-corrected chi connectivity index (χ4v) is 5.84. The third-order valence-corrected chi connectivity index (χ3v) is 7.84. The number of alkyl carbamates (subject to hydrolysis) is 1. The topological polar surface area (TPSA) is 84.9 Å². The van der Waals surface area contributed by atoms with E-state index in [2.05, 4.69) is 10.1 Å². The summed E-state index contributed by atoms with van der Waals surface area (Å²) in [5.41, 5.74) is 0.957. The van der Waals surface area contributed by atoms with Crippen LogP contribution in [0.4, 0.5) is 4.79 Å². The number of nitrogens with zero attached hydrogens (tertiary/aromatic N) is 1. The second kappa shape index (κ2) is 14.6. The summed E-state index contributed by atoms with van der Waals surface area (Å²) < 4.78 is 10.9. The molecule has 1 N–H and O–H groups in total. The van der Waals surface area contributed by atoms with Crippen LogP contribution in [0.25, 0.3) is 0 Å². The van der Waals surface area contributed by atoms with Crippen molar-refractivity contribution in [3.63, 3.8) is 0 Å². The Kier molecular flexibility index (Phi) is 11.5. The van der Waals surface area contributed by atoms with Crippen molar-refractivity contribution < 1.29 is 23.9 Å². The highest BCUT2D eigenvalue weighted by atomic mass is 35.5. The molecule has 1 aliphatic carbocycles. The molecule has 0 spiro atoms. The molecule has 1 aromatic rings. The molecule has 1 aromatic carbocycles. The fourth-order valence-electron chi connectivity index (χ4n) is 5.64. The summed E-state index contributed by atoms with van der Waals surface area (Å²) >= 11 is 6.27. The summed E-state index contributed by atoms with van der Waals surface area (Å²) in [5, 5.41) is 3.27. The minimum Gasteiger partial charge on any atom is -0.453 e. The lowest BCUT2D eigenvalue weighted by Crippen LogP contribution is -2.43. The third kappa shape index (κ3) is 8.77. The number of methoxy groups -OCH3 is 1. The predicted molar refractivity (Wildman–Crippen MR) is 140 cm³/mol. The van der Waals surface area contributed by atoms with Crippen molar-refractivity contribution >= 4 is 29.4 Å². The molecule has 1 saturated carbocycles. The van der Waals surface area contributed by atoms with Gasteiger partial charge in [0.2, 0.25) is 5.91 Å². The van der Waals surface area contributed by atoms with Gasteiger partial charge in [0.05, 0.1) is 19.8 Å². The molecule has 1 heterocycles. The highest BCUT2D eigenvalue weighted by Gasteiger charge is 2.33. The molecule has 2 aliphatic rings. The lowest BCUT2D eigenvalue weighted by molar-refractivity contribution is -0.138. The van der Waals surface area contributed by atoms with Crippen LogP contribution in [0, 0.1) is 17.8 Å². The zero-order chi connectivity index (χ0) is 25.9. The molecule has 36 heavy (non-hydrogen) atoms. The number of benzene rings is 1. The van der Waals surface area contributed by atoms with E-state index in [1.807, 2.05) is 29.2 Å². The van der Waals surface area contributed by atoms with Crippen molar-refractivity contribution in [2.45, 2.75) is 70.8 Å². The summed E-state index contributed by atoms with van der Waals surface area (Å²) in [5.74, 6) is 0.654. The Bertz CT molecular complexity index is 873. The highest BCUT2D eigenvalue weighted by Crippen LogP contribution is 2.35. The van der Waals surface area contributed by atoms with Crippen molar-refractivity contribution in [3.05, 3.63) is 34.9 Å². The van der Waals surface area contributed by atoms with E-state index in [4.69, 9.17) is 16.3 Å². The molecular formula is C28H41ClN2O5. The van der Waals surface area contributed by atoms with Crippen LogP contribution >= 0.6 is 11.6 Å². The molecule has 0 bridgehead atoms. The second-order valence-electron chi connectivity index (χ2n) is 10.3. The van der Waals surface area contributed by atoms with Gasteiger partial charge in [-0.3, -0.25) is 9.59 Å². The van der Waals surface area contributed by atoms with Crippen molar-refractivity contribution in [2.24, 2.45) is 17.8 Å². The first kappa shape index (κ1) is 28.5. The number of rotatable bonds is 11. The van der Waals surface area contributed by atoms with Crippen molar-refractivity contribution in [1.82, 2.24) is 10.2 Å². The monoisotopic (exact) mass is 520 g/mol. The molecule has 0 radical (unpaired) electrons. The van der Waals surface area contributed by atoms with Crippen LogP contribution in [-0.2, 0) is 19.1 Å². The first-order valence-electron chi connectivity index (χ1n) is 13.3. The summed E-state index contributed by atoms with van der Waals surface area (Å²) in [6.07, 6.45) is 8.27. The highest BCUT2D eigenvalue weighted by molar-refractivity contribution is 6.30. The van der Waals surface area contributed by atoms with E-state index in [1.54, 1.807) is 6.92 Å². The Hall–Kier alpha value is -2.12. The average Bonchev–Trinajstić information content (AvgIpc) is 2.88. The molecule has 2 fully saturated rings. The SMILES string of the molecule is COC(=O)NCCOC(c1cccc(Cl)c1)C1CCCN(C(=O)CC(CC2CCCCC2)C(C)=O)C1. The molecule has 0 aromatic heterocycles. The molecule has 8 heteroatoms. The number of likely N-dealkylation sites (tertiary alicyclic amines) is 1. The van der Waals surface area contributed by atoms with Crippen LogP contribution < -0.4 is 5.32 Å². The first-order valence-corrected chi connectivity index (χ1v) is 13.7. The zero-order valence-electron chi connectivity index (χ0n) is 21.7. The maximum Gasteiger partial charge on any atom is 0.406 e. The van der Waals surface area contributed by atoms with Gasteiger partial charge in [-0.25, -0.2) is 4.79 Å². The second-order valence-corrected chi connectivity index (χ2v) is 10.7. The average molecular weight is 521 g/mol. The number of piperidine rings is 1. The van der Waals surface area contributed by atoms with E-state index >= 15 is 0 Å². The Morgan fingerprint density at radius 2 is 1.92 bits per heavy atom. The molecular weight excluding hydrogens is 480 g/mol. The largest absolute Gasteiger partial charge is 0.453 e. The number of carbonyl (C=O) groups excluding carboxylic acids is 3. The fraction of sp³-hybridized carbons (Fsp3) is 0.679. The number of hydrogen-bond acceptors (Lipinski definition) is 5. The lowest BCUT2D eigenvalue weighted by Gasteiger charge is -2.38. The van der Waals surface area contributed by atoms with Gasteiger partial charge >= 0.3 is 6.09 Å². The minimum atomic E-state index is -0.499. The van der Waals surface area contributed by atoms with Gasteiger partial charge in [0.15, 0.2) is 0 Å². The lowest BCUT2D eigenvalue weighted by atomic mass is 9.80. The molecule has 1 aliphatic heterocycles. The van der Waals surface area contributed by atoms with Gasteiger partial charge < -0.3 is 19.7 Å². The van der Waals surface area contributed by atoms with E-state index in [0.717, 1.165) is 24.8 Å². The summed E-state index contributed by atoms with van der Waals surface area (Å²) in [6.45, 7) is 3.54. The van der Waals surface area contributed by atoms with Gasteiger partial charge in [0, 0.05) is 42.9 Å². The molecule has 3 atom stereocenters. The van der Waals surface area contributed by atoms with E-state index in [9.17, 15) is 14.4 Å². The predicted octanol–water partition coefficient (Wildman–Crippen LogP) is 5.56. The van der Waals surface area contributed by atoms with Crippen molar-refractivity contribution in [3.8, 4) is 0 Å². The number of Topliss-reactive ketones (excluding diaryl/α,β-unsaturated/α-hetero) is 1. The minimum absolute atomic E-state index is 0.0629. The number of halogens is 1. The van der Waals surface area contributed by atoms with Gasteiger partial charge in [0.1, 0.15) is 5.78 Å². The van der Waals surface area contributed by atoms with E-state index in [0.29, 0.717) is 43.6 Å². The molecule has 1 saturated heterocycles. The molecule has 200 valence electrons. The zero-order valence-corrected chi connectivity index (χ0v) is 22.4. The normalized spacial score (nSPS) is 20.4. The number of ketones is 1. The van der Waals surface area contributed by atoms with Gasteiger partial charge in [-0.15, -0.1) is 0 Å². The maximum absolute atomic E-state index is 13.3. The van der Waals surface area contributed by atoms with Crippen LogP contribution in [0.5, 0.6) is 0 Å². The van der Waals surface area contributed by atoms with E-state index in [-0.39, 0.29) is 29.6 Å². The Morgan fingerprint density at radius 1 is 1.14 bits per heavy atom. The summed E-state index contributed by atoms with van der Waals surface area (Å²) in [7, 11) is 1.32. The summed E-state index contributed by atoms with van der Waals surface area (Å²) in [6, 6.07) is 7.61. The Labute approximate surface area is 220 Å². The first-order chi connectivity index (χ1) is 17.4. The van der Waals surface area contributed by atoms with E-state index < -0.39 is 6.09 Å². The molecule has 2 amide bonds. The van der Waals surface area contributed by atoms with Crippen molar-refractivity contribution in [1.29, 1.82) is 0 Å². The molecule has 7 nitrogen and oxygen atoms in total. The maximum atomic E-state index is 13.3. The Morgan fingerprint density at radius 3 is 2.61 bits per heavy atom. The number of nitrogens with one attached hydrogen (secondary N) is 1. The third-order valence-electron chi connectivity index (χ3n) is 7.61. The number of hydrogen-bond donors (Lipinski definition) is 1. The van der Waals surface area contributed by atoms with Crippen molar-refractivity contribution in [2.75, 3.05) is 33.4 Å². The van der Waals surface area contributed by atoms with E-state index in [1.165, 1.54) is 39.2 Å². The molecule has 3 unspecified atom stereocenters.